The number of hydrogen-bond donors (Lipinski definition) is 1. The number of ether oxygens (including phenoxy) is 2. The van der Waals surface area contributed by atoms with E-state index in [4.69, 9.17) is 9.47 Å². The molecule has 0 radical (unpaired) electrons. The molecule has 1 fully saturated rings. The van der Waals surface area contributed by atoms with Crippen molar-refractivity contribution in [1.82, 2.24) is 5.32 Å². The lowest BCUT2D eigenvalue weighted by Crippen LogP contribution is -2.37. The van der Waals surface area contributed by atoms with E-state index >= 15 is 0 Å². The topological polar surface area (TPSA) is 67.9 Å². The molecular weight excluding hydrogens is 413 g/mol. The minimum Gasteiger partial charge on any atom is -0.490 e. The van der Waals surface area contributed by atoms with Crippen LogP contribution in [-0.4, -0.2) is 50.4 Å². The van der Waals surface area contributed by atoms with Gasteiger partial charge in [0.15, 0.2) is 0 Å². The first-order chi connectivity index (χ1) is 14.8. The average Bonchev–Trinajstić information content (AvgIpc) is 3.14. The Morgan fingerprint density at radius 2 is 1.94 bits per heavy atom. The number of hydrogen-bond acceptors (Lipinski definition) is 5. The highest BCUT2D eigenvalue weighted by molar-refractivity contribution is 5.96. The van der Waals surface area contributed by atoms with E-state index in [1.807, 2.05) is 12.1 Å². The molecule has 0 atom stereocenters. The Kier molecular flexibility index (Phi) is 7.80. The molecule has 31 heavy (non-hydrogen) atoms. The van der Waals surface area contributed by atoms with Gasteiger partial charge in [-0.15, -0.1) is 0 Å². The van der Waals surface area contributed by atoms with Crippen molar-refractivity contribution in [3.8, 4) is 5.75 Å². The van der Waals surface area contributed by atoms with Crippen molar-refractivity contribution in [2.45, 2.75) is 57.7 Å². The van der Waals surface area contributed by atoms with Crippen LogP contribution in [0.5, 0.6) is 5.75 Å². The number of alkyl halides is 3. The molecule has 1 aliphatic carbocycles. The molecule has 172 valence electrons. The van der Waals surface area contributed by atoms with Crippen LogP contribution in [0.1, 0.15) is 44.6 Å². The van der Waals surface area contributed by atoms with E-state index in [9.17, 15) is 22.8 Å². The number of benzene rings is 1. The molecule has 0 saturated heterocycles. The second-order valence-electron chi connectivity index (χ2n) is 7.95. The Labute approximate surface area is 180 Å². The van der Waals surface area contributed by atoms with Gasteiger partial charge in [-0.05, 0) is 62.8 Å². The van der Waals surface area contributed by atoms with Gasteiger partial charge in [0.05, 0.1) is 31.6 Å². The zero-order valence-electron chi connectivity index (χ0n) is 17.7. The first-order valence-electron chi connectivity index (χ1n) is 10.8. The van der Waals surface area contributed by atoms with Gasteiger partial charge in [-0.1, -0.05) is 0 Å². The number of nitrogens with one attached hydrogen (secondary N) is 1. The SMILES string of the molecule is CCOC(=O)CCNCC(=O)N1CCc2cc(OC3CCC(C(F)(F)F)CC3)ccc21. The molecule has 0 bridgehead atoms. The van der Waals surface area contributed by atoms with Crippen molar-refractivity contribution in [2.75, 3.05) is 31.1 Å². The summed E-state index contributed by atoms with van der Waals surface area (Å²) < 4.78 is 49.2. The van der Waals surface area contributed by atoms with Gasteiger partial charge in [0.25, 0.3) is 0 Å². The van der Waals surface area contributed by atoms with Crippen molar-refractivity contribution < 1.29 is 32.2 Å². The molecule has 0 aromatic heterocycles. The van der Waals surface area contributed by atoms with E-state index in [1.165, 1.54) is 0 Å². The molecule has 1 saturated carbocycles. The van der Waals surface area contributed by atoms with Crippen LogP contribution in [0.3, 0.4) is 0 Å². The number of nitrogens with zero attached hydrogens (tertiary/aromatic N) is 1. The fourth-order valence-electron chi connectivity index (χ4n) is 4.13. The van der Waals surface area contributed by atoms with Crippen molar-refractivity contribution in [3.63, 3.8) is 0 Å². The van der Waals surface area contributed by atoms with Crippen molar-refractivity contribution in [1.29, 1.82) is 0 Å². The zero-order chi connectivity index (χ0) is 22.4. The zero-order valence-corrected chi connectivity index (χ0v) is 17.7. The molecule has 1 aromatic carbocycles. The van der Waals surface area contributed by atoms with Crippen LogP contribution in [0.2, 0.25) is 0 Å². The third-order valence-corrected chi connectivity index (χ3v) is 5.77. The summed E-state index contributed by atoms with van der Waals surface area (Å²) in [6, 6.07) is 5.48. The maximum atomic E-state index is 12.8. The number of anilines is 1. The Bertz CT molecular complexity index is 777. The average molecular weight is 442 g/mol. The fourth-order valence-corrected chi connectivity index (χ4v) is 4.13. The van der Waals surface area contributed by atoms with Gasteiger partial charge in [-0.2, -0.15) is 13.2 Å². The highest BCUT2D eigenvalue weighted by Crippen LogP contribution is 2.39. The first-order valence-corrected chi connectivity index (χ1v) is 10.8. The third-order valence-electron chi connectivity index (χ3n) is 5.77. The molecule has 1 heterocycles. The number of halogens is 3. The van der Waals surface area contributed by atoms with Crippen molar-refractivity contribution in [3.05, 3.63) is 23.8 Å². The predicted octanol–water partition coefficient (Wildman–Crippen LogP) is 3.62. The lowest BCUT2D eigenvalue weighted by Gasteiger charge is -2.30. The third kappa shape index (κ3) is 6.35. The molecule has 1 amide bonds. The summed E-state index contributed by atoms with van der Waals surface area (Å²) in [4.78, 5) is 25.5. The molecule has 1 aliphatic heterocycles. The molecule has 1 N–H and O–H groups in total. The second-order valence-corrected chi connectivity index (χ2v) is 7.95. The number of carbonyl (C=O) groups excluding carboxylic acids is 2. The van der Waals surface area contributed by atoms with Crippen LogP contribution >= 0.6 is 0 Å². The summed E-state index contributed by atoms with van der Waals surface area (Å²) in [6.45, 7) is 3.14. The van der Waals surface area contributed by atoms with Gasteiger partial charge in [-0.3, -0.25) is 9.59 Å². The Balaban J connectivity index is 1.47. The number of amides is 1. The Morgan fingerprint density at radius 3 is 2.61 bits per heavy atom. The van der Waals surface area contributed by atoms with E-state index in [-0.39, 0.29) is 43.8 Å². The van der Waals surface area contributed by atoms with Crippen molar-refractivity contribution >= 4 is 17.6 Å². The molecule has 2 aliphatic rings. The molecule has 0 unspecified atom stereocenters. The molecule has 6 nitrogen and oxygen atoms in total. The normalized spacial score (nSPS) is 21.0. The summed E-state index contributed by atoms with van der Waals surface area (Å²) in [5, 5.41) is 2.97. The minimum absolute atomic E-state index is 0.0817. The largest absolute Gasteiger partial charge is 0.490 e. The van der Waals surface area contributed by atoms with Gasteiger partial charge < -0.3 is 19.7 Å². The van der Waals surface area contributed by atoms with Gasteiger partial charge in [0, 0.05) is 18.8 Å². The van der Waals surface area contributed by atoms with Crippen LogP contribution in [0.25, 0.3) is 0 Å². The summed E-state index contributed by atoms with van der Waals surface area (Å²) in [5.74, 6) is -0.968. The Hall–Kier alpha value is -2.29. The summed E-state index contributed by atoms with van der Waals surface area (Å²) in [5.41, 5.74) is 1.81. The fraction of sp³-hybridized carbons (Fsp3) is 0.636. The molecule has 9 heteroatoms. The van der Waals surface area contributed by atoms with E-state index in [0.717, 1.165) is 11.3 Å². The van der Waals surface area contributed by atoms with Gasteiger partial charge in [0.1, 0.15) is 5.75 Å². The highest BCUT2D eigenvalue weighted by atomic mass is 19.4. The number of rotatable bonds is 8. The van der Waals surface area contributed by atoms with Crippen LogP contribution in [0.15, 0.2) is 18.2 Å². The van der Waals surface area contributed by atoms with Gasteiger partial charge in [-0.25, -0.2) is 0 Å². The molecular formula is C22H29F3N2O4. The van der Waals surface area contributed by atoms with Crippen molar-refractivity contribution in [2.24, 2.45) is 5.92 Å². The van der Waals surface area contributed by atoms with Crippen LogP contribution in [-0.2, 0) is 20.7 Å². The number of fused-ring (bicyclic) bond motifs is 1. The Morgan fingerprint density at radius 1 is 1.19 bits per heavy atom. The predicted molar refractivity (Wildman–Crippen MR) is 109 cm³/mol. The smallest absolute Gasteiger partial charge is 0.391 e. The van der Waals surface area contributed by atoms with Crippen LogP contribution in [0, 0.1) is 5.92 Å². The maximum absolute atomic E-state index is 12.8. The van der Waals surface area contributed by atoms with Crippen LogP contribution < -0.4 is 15.0 Å². The summed E-state index contributed by atoms with van der Waals surface area (Å²) >= 11 is 0. The van der Waals surface area contributed by atoms with Crippen LogP contribution in [0.4, 0.5) is 18.9 Å². The van der Waals surface area contributed by atoms with E-state index in [0.29, 0.717) is 44.7 Å². The van der Waals surface area contributed by atoms with Gasteiger partial charge in [0.2, 0.25) is 5.91 Å². The molecule has 3 rings (SSSR count). The summed E-state index contributed by atoms with van der Waals surface area (Å²) in [6.07, 6.45) is -2.44. The number of carbonyl (C=O) groups is 2. The first kappa shape index (κ1) is 23.4. The van der Waals surface area contributed by atoms with E-state index in [1.54, 1.807) is 17.9 Å². The quantitative estimate of drug-likeness (QED) is 0.492. The molecule has 0 spiro atoms. The molecule has 1 aromatic rings. The monoisotopic (exact) mass is 442 g/mol. The maximum Gasteiger partial charge on any atom is 0.391 e. The minimum atomic E-state index is -4.12. The van der Waals surface area contributed by atoms with E-state index < -0.39 is 12.1 Å². The summed E-state index contributed by atoms with van der Waals surface area (Å²) in [7, 11) is 0. The standard InChI is InChI=1S/C22H29F3N2O4/c1-2-30-21(29)9-11-26-14-20(28)27-12-10-15-13-18(7-8-19(15)27)31-17-5-3-16(4-6-17)22(23,24)25/h7-8,13,16-17,26H,2-6,9-12,14H2,1H3. The van der Waals surface area contributed by atoms with Gasteiger partial charge >= 0.3 is 12.1 Å². The highest BCUT2D eigenvalue weighted by Gasteiger charge is 2.41. The number of esters is 1. The van der Waals surface area contributed by atoms with E-state index in [2.05, 4.69) is 5.32 Å². The second kappa shape index (κ2) is 10.3. The lowest BCUT2D eigenvalue weighted by molar-refractivity contribution is -0.185. The lowest BCUT2D eigenvalue weighted by atomic mass is 9.87.